The number of anilines is 2. The number of aromatic hydroxyl groups is 2. The Labute approximate surface area is 433 Å². The predicted octanol–water partition coefficient (Wildman–Crippen LogP) is 13.4. The van der Waals surface area contributed by atoms with Crippen molar-refractivity contribution >= 4 is 33.0 Å². The molecule has 0 radical (unpaired) electrons. The highest BCUT2D eigenvalue weighted by Crippen LogP contribution is 2.53. The second kappa shape index (κ2) is 18.4. The van der Waals surface area contributed by atoms with Gasteiger partial charge in [-0.3, -0.25) is 19.4 Å². The summed E-state index contributed by atoms with van der Waals surface area (Å²) in [6, 6.07) is 75.3. The van der Waals surface area contributed by atoms with Crippen molar-refractivity contribution in [3.8, 4) is 34.5 Å². The summed E-state index contributed by atoms with van der Waals surface area (Å²) in [5.74, 6) is 1.73. The van der Waals surface area contributed by atoms with Crippen LogP contribution in [-0.4, -0.2) is 30.4 Å². The van der Waals surface area contributed by atoms with Gasteiger partial charge >= 0.3 is 0 Å². The van der Waals surface area contributed by atoms with Crippen molar-refractivity contribution in [1.29, 1.82) is 0 Å². The minimum absolute atomic E-state index is 0.0786. The maximum atomic E-state index is 14.4. The van der Waals surface area contributed by atoms with Crippen LogP contribution in [0.25, 0.3) is 0 Å². The number of phenols is 2. The molecule has 10 aromatic rings. The molecule has 2 aliphatic heterocycles. The number of hydrogen-bond acceptors (Lipinski definition) is 8. The first-order valence-electron chi connectivity index (χ1n) is 24.2. The van der Waals surface area contributed by atoms with E-state index in [4.69, 9.17) is 9.47 Å². The molecule has 0 fully saturated rings. The molecule has 11 heteroatoms. The van der Waals surface area contributed by atoms with Crippen LogP contribution in [0.2, 0.25) is 0 Å². The molecule has 2 amide bonds. The van der Waals surface area contributed by atoms with Crippen LogP contribution in [0.1, 0.15) is 54.1 Å². The molecule has 10 nitrogen and oxygen atoms in total. The van der Waals surface area contributed by atoms with Crippen LogP contribution < -0.4 is 19.3 Å². The van der Waals surface area contributed by atoms with Crippen molar-refractivity contribution in [2.24, 2.45) is 0 Å². The minimum Gasteiger partial charge on any atom is -0.508 e. The van der Waals surface area contributed by atoms with Gasteiger partial charge in [-0.25, -0.2) is 8.42 Å². The highest BCUT2D eigenvalue weighted by molar-refractivity contribution is 7.91. The van der Waals surface area contributed by atoms with E-state index in [0.717, 1.165) is 33.4 Å². The molecule has 0 saturated carbocycles. The minimum atomic E-state index is -3.94. The zero-order valence-corrected chi connectivity index (χ0v) is 40.7. The number of ether oxygens (including phenoxy) is 2. The van der Waals surface area contributed by atoms with Gasteiger partial charge in [-0.2, -0.15) is 0 Å². The van der Waals surface area contributed by atoms with Gasteiger partial charge < -0.3 is 19.7 Å². The summed E-state index contributed by atoms with van der Waals surface area (Å²) in [7, 11) is -3.94. The number of benzene rings is 10. The van der Waals surface area contributed by atoms with E-state index in [1.54, 1.807) is 58.3 Å². The summed E-state index contributed by atoms with van der Waals surface area (Å²) in [5, 5.41) is 20.6. The number of rotatable bonds is 12. The number of nitrogens with zero attached hydrogens (tertiary/aromatic N) is 2. The van der Waals surface area contributed by atoms with Crippen molar-refractivity contribution < 1.29 is 37.7 Å². The summed E-state index contributed by atoms with van der Waals surface area (Å²) in [6.07, 6.45) is 0. The van der Waals surface area contributed by atoms with Gasteiger partial charge in [0.15, 0.2) is 0 Å². The van der Waals surface area contributed by atoms with E-state index >= 15 is 0 Å². The predicted molar refractivity (Wildman–Crippen MR) is 287 cm³/mol. The topological polar surface area (TPSA) is 134 Å². The monoisotopic (exact) mass is 1000 g/mol. The van der Waals surface area contributed by atoms with Crippen molar-refractivity contribution in [2.45, 2.75) is 20.9 Å². The maximum absolute atomic E-state index is 14.4. The van der Waals surface area contributed by atoms with E-state index < -0.39 is 20.9 Å². The van der Waals surface area contributed by atoms with Gasteiger partial charge in [0.1, 0.15) is 45.6 Å². The number of phenolic OH excluding ortho intramolecular Hbond substituents is 2. The first kappa shape index (κ1) is 46.4. The average Bonchev–Trinajstić information content (AvgIpc) is 3.97. The van der Waals surface area contributed by atoms with Gasteiger partial charge in [0, 0.05) is 22.5 Å². The van der Waals surface area contributed by atoms with E-state index in [2.05, 4.69) is 0 Å². The molecule has 0 bridgehead atoms. The highest BCUT2D eigenvalue weighted by atomic mass is 32.2. The van der Waals surface area contributed by atoms with Crippen molar-refractivity contribution in [1.82, 2.24) is 0 Å². The van der Waals surface area contributed by atoms with Crippen LogP contribution in [0.3, 0.4) is 0 Å². The van der Waals surface area contributed by atoms with Gasteiger partial charge in [0.05, 0.1) is 9.79 Å². The van der Waals surface area contributed by atoms with Gasteiger partial charge in [-0.1, -0.05) is 121 Å². The van der Waals surface area contributed by atoms with E-state index in [0.29, 0.717) is 45.5 Å². The number of amides is 2. The zero-order valence-electron chi connectivity index (χ0n) is 39.9. The molecule has 2 aliphatic rings. The Bertz CT molecular complexity index is 3630. The van der Waals surface area contributed by atoms with Crippen LogP contribution in [0.15, 0.2) is 265 Å². The van der Waals surface area contributed by atoms with Crippen LogP contribution in [-0.2, 0) is 20.9 Å². The number of hydrogen-bond donors (Lipinski definition) is 2. The van der Waals surface area contributed by atoms with Gasteiger partial charge in [0.25, 0.3) is 11.8 Å². The van der Waals surface area contributed by atoms with Crippen molar-refractivity contribution in [2.75, 3.05) is 9.80 Å². The Morgan fingerprint density at radius 3 is 0.947 bits per heavy atom. The third-order valence-electron chi connectivity index (χ3n) is 14.1. The number of carbonyl (C=O) groups is 2. The number of carbonyl (C=O) groups excluding carboxylic acids is 2. The highest BCUT2D eigenvalue weighted by Gasteiger charge is 2.54. The molecule has 12 rings (SSSR count). The lowest BCUT2D eigenvalue weighted by Crippen LogP contribution is -2.46. The summed E-state index contributed by atoms with van der Waals surface area (Å²) in [5.41, 5.74) is 5.11. The van der Waals surface area contributed by atoms with Gasteiger partial charge in [0.2, 0.25) is 9.84 Å². The Hall–Kier alpha value is -9.71. The zero-order chi connectivity index (χ0) is 51.3. The normalized spacial score (nSPS) is 16.9. The molecule has 2 unspecified atom stereocenters. The molecule has 0 aromatic heterocycles. The molecule has 2 N–H and O–H groups in total. The largest absolute Gasteiger partial charge is 0.508 e. The molecular weight excluding hydrogens is 957 g/mol. The van der Waals surface area contributed by atoms with E-state index in [1.807, 2.05) is 182 Å². The van der Waals surface area contributed by atoms with E-state index in [9.17, 15) is 28.2 Å². The Balaban J connectivity index is 0.779. The summed E-state index contributed by atoms with van der Waals surface area (Å²) >= 11 is 0. The summed E-state index contributed by atoms with van der Waals surface area (Å²) in [6.45, 7) is 0. The van der Waals surface area contributed by atoms with Crippen molar-refractivity contribution in [3.05, 3.63) is 299 Å². The number of fused-ring (bicyclic) bond motifs is 2. The number of sulfone groups is 1. The van der Waals surface area contributed by atoms with Crippen molar-refractivity contribution in [3.63, 3.8) is 0 Å². The molecular formula is C64H44N2O8S. The molecule has 0 saturated heterocycles. The summed E-state index contributed by atoms with van der Waals surface area (Å²) < 4.78 is 40.4. The summed E-state index contributed by atoms with van der Waals surface area (Å²) in [4.78, 5) is 32.5. The van der Waals surface area contributed by atoms with Crippen LogP contribution >= 0.6 is 0 Å². The molecule has 364 valence electrons. The third-order valence-corrected chi connectivity index (χ3v) is 15.8. The Morgan fingerprint density at radius 2 is 0.613 bits per heavy atom. The fraction of sp³-hybridized carbons (Fsp3) is 0.0312. The van der Waals surface area contributed by atoms with Crippen LogP contribution in [0, 0.1) is 0 Å². The maximum Gasteiger partial charge on any atom is 0.260 e. The molecule has 0 aliphatic carbocycles. The van der Waals surface area contributed by atoms with E-state index in [-0.39, 0.29) is 33.1 Å². The second-order valence-corrected chi connectivity index (χ2v) is 20.2. The van der Waals surface area contributed by atoms with Crippen LogP contribution in [0.5, 0.6) is 34.5 Å². The SMILES string of the molecule is O=C1c2ccccc2C(c2ccc(O)cc2)(c2ccc(Oc3ccc(S(=O)(=O)c4ccc(Oc5ccc(C6(c7ccc(O)cc7)c7ccccc7C(=O)N6c6ccccc6)cc5)cc4)cc3)cc2)N1c1ccccc1. The first-order valence-corrected chi connectivity index (χ1v) is 25.6. The first-order chi connectivity index (χ1) is 36.6. The molecule has 10 aromatic carbocycles. The van der Waals surface area contributed by atoms with Gasteiger partial charge in [-0.05, 0) is 167 Å². The second-order valence-electron chi connectivity index (χ2n) is 18.3. The fourth-order valence-electron chi connectivity index (χ4n) is 10.7. The third kappa shape index (κ3) is 7.67. The fourth-order valence-corrected chi connectivity index (χ4v) is 12.0. The Morgan fingerprint density at radius 1 is 0.333 bits per heavy atom. The lowest BCUT2D eigenvalue weighted by atomic mass is 9.76. The quantitative estimate of drug-likeness (QED) is 0.124. The van der Waals surface area contributed by atoms with Gasteiger partial charge in [-0.15, -0.1) is 0 Å². The molecule has 75 heavy (non-hydrogen) atoms. The smallest absolute Gasteiger partial charge is 0.260 e. The lowest BCUT2D eigenvalue weighted by Gasteiger charge is -2.40. The lowest BCUT2D eigenvalue weighted by molar-refractivity contribution is 0.0978. The number of para-hydroxylation sites is 2. The average molecular weight is 1000 g/mol. The molecule has 2 heterocycles. The Kier molecular flexibility index (Phi) is 11.4. The standard InChI is InChI=1S/C64H44N2O8S/c67-49-27-19-43(20-28-49)63(59-17-9-7-15-57(59)61(69)65(63)47-11-3-1-4-12-47)45-23-31-51(32-24-45)73-53-35-39-55(40-36-53)75(71,72)56-41-37-54(38-42-56)74-52-33-25-46(26-34-52)64(44-21-29-50(68)30-22-44)60-18-10-8-16-58(60)62(70)66(64)48-13-5-2-6-14-48/h1-42,67-68H. The van der Waals surface area contributed by atoms with E-state index in [1.165, 1.54) is 24.3 Å². The molecule has 0 spiro atoms. The molecule has 2 atom stereocenters. The van der Waals surface area contributed by atoms with Crippen LogP contribution in [0.4, 0.5) is 11.4 Å².